The maximum atomic E-state index is 13.0. The lowest BCUT2D eigenvalue weighted by Crippen LogP contribution is -2.33. The molecule has 31 heavy (non-hydrogen) atoms. The highest BCUT2D eigenvalue weighted by molar-refractivity contribution is 6.00. The minimum Gasteiger partial charge on any atom is -0.493 e. The second kappa shape index (κ2) is 8.72. The lowest BCUT2D eigenvalue weighted by molar-refractivity contribution is -0.145. The van der Waals surface area contributed by atoms with E-state index in [4.69, 9.17) is 24.7 Å². The normalized spacial score (nSPS) is 19.8. The molecule has 0 saturated carbocycles. The highest BCUT2D eigenvalue weighted by Gasteiger charge is 2.43. The molecular weight excluding hydrogens is 400 g/mol. The molecule has 0 aromatic heterocycles. The second-order valence-electron chi connectivity index (χ2n) is 8.21. The van der Waals surface area contributed by atoms with Crippen molar-refractivity contribution in [1.82, 2.24) is 0 Å². The number of ether oxygens (including phenoxy) is 4. The molecule has 0 saturated heterocycles. The first-order valence-corrected chi connectivity index (χ1v) is 10.0. The fraction of sp³-hybridized carbons (Fsp3) is 0.435. The van der Waals surface area contributed by atoms with E-state index in [1.54, 1.807) is 25.1 Å². The van der Waals surface area contributed by atoms with Gasteiger partial charge >= 0.3 is 5.97 Å². The van der Waals surface area contributed by atoms with Crippen LogP contribution in [0.4, 0.5) is 0 Å². The largest absolute Gasteiger partial charge is 0.493 e. The summed E-state index contributed by atoms with van der Waals surface area (Å²) in [5.74, 6) is -0.0288. The van der Waals surface area contributed by atoms with Gasteiger partial charge in [-0.3, -0.25) is 4.79 Å². The Bertz CT molecular complexity index is 1020. The molecule has 164 valence electrons. The number of rotatable bonds is 6. The molecular formula is C23H26N2O6. The van der Waals surface area contributed by atoms with E-state index < -0.39 is 11.9 Å². The van der Waals surface area contributed by atoms with Gasteiger partial charge in [-0.25, -0.2) is 4.79 Å². The lowest BCUT2D eigenvalue weighted by Gasteiger charge is -2.37. The second-order valence-corrected chi connectivity index (χ2v) is 8.21. The van der Waals surface area contributed by atoms with E-state index in [0.29, 0.717) is 41.2 Å². The van der Waals surface area contributed by atoms with Gasteiger partial charge in [0.1, 0.15) is 17.4 Å². The summed E-state index contributed by atoms with van der Waals surface area (Å²) in [7, 11) is 1.47. The molecule has 1 atom stereocenters. The summed E-state index contributed by atoms with van der Waals surface area (Å²) in [6.07, 6.45) is 0.893. The lowest BCUT2D eigenvalue weighted by atomic mass is 9.70. The van der Waals surface area contributed by atoms with E-state index in [1.165, 1.54) is 7.11 Å². The molecule has 1 heterocycles. The minimum atomic E-state index is -0.662. The van der Waals surface area contributed by atoms with Gasteiger partial charge in [0.05, 0.1) is 19.6 Å². The Kier molecular flexibility index (Phi) is 6.25. The van der Waals surface area contributed by atoms with Gasteiger partial charge in [0.15, 0.2) is 23.9 Å². The van der Waals surface area contributed by atoms with E-state index in [1.807, 2.05) is 13.8 Å². The van der Waals surface area contributed by atoms with Crippen molar-refractivity contribution in [3.63, 3.8) is 0 Å². The molecule has 1 unspecified atom stereocenters. The highest BCUT2D eigenvalue weighted by atomic mass is 16.6. The zero-order valence-electron chi connectivity index (χ0n) is 18.1. The van der Waals surface area contributed by atoms with Gasteiger partial charge in [-0.2, -0.15) is 5.26 Å². The van der Waals surface area contributed by atoms with Crippen LogP contribution in [0.3, 0.4) is 0 Å². The van der Waals surface area contributed by atoms with Crippen LogP contribution in [0.15, 0.2) is 41.0 Å². The SMILES string of the molecule is CCOC(=O)COc1ccc(C2C(C#N)=C(N)OC3=C2C(=O)CC(C)(C)C3)cc1OC. The molecule has 2 aliphatic rings. The summed E-state index contributed by atoms with van der Waals surface area (Å²) in [6.45, 7) is 5.69. The van der Waals surface area contributed by atoms with Gasteiger partial charge in [0.2, 0.25) is 5.88 Å². The molecule has 8 nitrogen and oxygen atoms in total. The van der Waals surface area contributed by atoms with E-state index in [2.05, 4.69) is 6.07 Å². The Morgan fingerprint density at radius 2 is 2.06 bits per heavy atom. The third-order valence-electron chi connectivity index (χ3n) is 5.25. The molecule has 8 heteroatoms. The number of esters is 1. The van der Waals surface area contributed by atoms with Crippen LogP contribution < -0.4 is 15.2 Å². The standard InChI is InChI=1S/C23H26N2O6/c1-5-29-19(27)12-30-16-7-6-13(8-17(16)28-4)20-14(11-24)22(25)31-18-10-23(2,3)9-15(26)21(18)20/h6-8,20H,5,9-10,12,25H2,1-4H3. The summed E-state index contributed by atoms with van der Waals surface area (Å²) in [5, 5.41) is 9.74. The maximum Gasteiger partial charge on any atom is 0.344 e. The molecule has 1 aromatic carbocycles. The number of allylic oxidation sites excluding steroid dienone is 3. The van der Waals surface area contributed by atoms with Gasteiger partial charge in [0.25, 0.3) is 0 Å². The van der Waals surface area contributed by atoms with E-state index in [0.717, 1.165) is 0 Å². The zero-order valence-corrected chi connectivity index (χ0v) is 18.1. The topological polar surface area (TPSA) is 121 Å². The minimum absolute atomic E-state index is 0.00152. The Morgan fingerprint density at radius 3 is 2.71 bits per heavy atom. The molecule has 3 rings (SSSR count). The molecule has 0 radical (unpaired) electrons. The van der Waals surface area contributed by atoms with Crippen LogP contribution in [0, 0.1) is 16.7 Å². The van der Waals surface area contributed by atoms with Crippen LogP contribution in [0.5, 0.6) is 11.5 Å². The van der Waals surface area contributed by atoms with Gasteiger partial charge in [-0.15, -0.1) is 0 Å². The van der Waals surface area contributed by atoms with Crippen LogP contribution in [-0.2, 0) is 19.1 Å². The van der Waals surface area contributed by atoms with Crippen molar-refractivity contribution >= 4 is 11.8 Å². The molecule has 2 N–H and O–H groups in total. The van der Waals surface area contributed by atoms with Crippen molar-refractivity contribution in [3.8, 4) is 17.6 Å². The fourth-order valence-corrected chi connectivity index (χ4v) is 3.94. The van der Waals surface area contributed by atoms with Crippen molar-refractivity contribution in [3.05, 3.63) is 46.6 Å². The number of methoxy groups -OCH3 is 1. The number of nitrogens with zero attached hydrogens (tertiary/aromatic N) is 1. The maximum absolute atomic E-state index is 13.0. The van der Waals surface area contributed by atoms with Gasteiger partial charge in [0, 0.05) is 18.4 Å². The first-order valence-electron chi connectivity index (χ1n) is 10.0. The molecule has 1 aromatic rings. The molecule has 0 fully saturated rings. The third-order valence-corrected chi connectivity index (χ3v) is 5.25. The van der Waals surface area contributed by atoms with E-state index in [-0.39, 0.29) is 35.9 Å². The van der Waals surface area contributed by atoms with Crippen LogP contribution in [0.1, 0.15) is 45.1 Å². The van der Waals surface area contributed by atoms with Crippen molar-refractivity contribution in [2.24, 2.45) is 11.1 Å². The monoisotopic (exact) mass is 426 g/mol. The quantitative estimate of drug-likeness (QED) is 0.689. The van der Waals surface area contributed by atoms with Crippen molar-refractivity contribution in [1.29, 1.82) is 5.26 Å². The molecule has 1 aliphatic heterocycles. The summed E-state index contributed by atoms with van der Waals surface area (Å²) < 4.78 is 21.5. The highest BCUT2D eigenvalue weighted by Crippen LogP contribution is 2.48. The first kappa shape index (κ1) is 22.2. The van der Waals surface area contributed by atoms with Gasteiger partial charge in [-0.1, -0.05) is 19.9 Å². The Morgan fingerprint density at radius 1 is 1.32 bits per heavy atom. The van der Waals surface area contributed by atoms with Crippen LogP contribution in [-0.4, -0.2) is 32.1 Å². The summed E-state index contributed by atoms with van der Waals surface area (Å²) >= 11 is 0. The summed E-state index contributed by atoms with van der Waals surface area (Å²) in [6, 6.07) is 7.13. The van der Waals surface area contributed by atoms with Crippen LogP contribution in [0.2, 0.25) is 0 Å². The Balaban J connectivity index is 2.01. The number of benzene rings is 1. The molecule has 1 aliphatic carbocycles. The number of hydrogen-bond acceptors (Lipinski definition) is 8. The average Bonchev–Trinajstić information content (AvgIpc) is 2.70. The van der Waals surface area contributed by atoms with Crippen molar-refractivity contribution in [2.75, 3.05) is 20.3 Å². The van der Waals surface area contributed by atoms with Crippen molar-refractivity contribution < 1.29 is 28.5 Å². The number of carbonyl (C=O) groups excluding carboxylic acids is 2. The number of hydrogen-bond donors (Lipinski definition) is 1. The fourth-order valence-electron chi connectivity index (χ4n) is 3.94. The van der Waals surface area contributed by atoms with Crippen LogP contribution >= 0.6 is 0 Å². The number of nitrogens with two attached hydrogens (primary N) is 1. The first-order chi connectivity index (χ1) is 14.7. The predicted molar refractivity (Wildman–Crippen MR) is 111 cm³/mol. The number of Topliss-reactive ketones (excluding diaryl/α,β-unsaturated/α-hetero) is 1. The Labute approximate surface area is 181 Å². The van der Waals surface area contributed by atoms with Gasteiger partial charge < -0.3 is 24.7 Å². The summed E-state index contributed by atoms with van der Waals surface area (Å²) in [4.78, 5) is 24.6. The number of carbonyl (C=O) groups is 2. The molecule has 0 amide bonds. The third kappa shape index (κ3) is 4.50. The average molecular weight is 426 g/mol. The van der Waals surface area contributed by atoms with Gasteiger partial charge in [-0.05, 0) is 30.0 Å². The summed E-state index contributed by atoms with van der Waals surface area (Å²) in [5.41, 5.74) is 7.06. The number of nitriles is 1. The van der Waals surface area contributed by atoms with E-state index in [9.17, 15) is 14.9 Å². The van der Waals surface area contributed by atoms with Crippen LogP contribution in [0.25, 0.3) is 0 Å². The Hall–Kier alpha value is -3.47. The molecule has 0 bridgehead atoms. The van der Waals surface area contributed by atoms with Crippen molar-refractivity contribution in [2.45, 2.75) is 39.5 Å². The predicted octanol–water partition coefficient (Wildman–Crippen LogP) is 3.09. The number of ketones is 1. The van der Waals surface area contributed by atoms with E-state index >= 15 is 0 Å². The zero-order chi connectivity index (χ0) is 22.8. The smallest absolute Gasteiger partial charge is 0.344 e. The molecule has 0 spiro atoms.